The number of anilines is 1. The Morgan fingerprint density at radius 1 is 1.12 bits per heavy atom. The van der Waals surface area contributed by atoms with Gasteiger partial charge in [-0.25, -0.2) is 4.98 Å². The first-order valence-corrected chi connectivity index (χ1v) is 7.55. The van der Waals surface area contributed by atoms with Crippen LogP contribution in [0.4, 0.5) is 19.0 Å². The van der Waals surface area contributed by atoms with Crippen molar-refractivity contribution in [2.24, 2.45) is 0 Å². The monoisotopic (exact) mass is 333 g/mol. The van der Waals surface area contributed by atoms with Crippen LogP contribution in [0.15, 0.2) is 30.3 Å². The minimum absolute atomic E-state index is 0.0552. The van der Waals surface area contributed by atoms with Gasteiger partial charge in [0.25, 0.3) is 11.6 Å². The minimum Gasteiger partial charge on any atom is -0.366 e. The number of aryl methyl sites for hydroxylation is 1. The SMILES string of the molecule is Cc1cc(NC2Cc3ccccc3C2)n2nc(C(F)(F)F)nc2n1. The Morgan fingerprint density at radius 2 is 1.79 bits per heavy atom. The lowest BCUT2D eigenvalue weighted by Gasteiger charge is -2.14. The molecule has 124 valence electrons. The molecule has 8 heteroatoms. The molecule has 1 aromatic carbocycles. The van der Waals surface area contributed by atoms with Gasteiger partial charge in [-0.05, 0) is 30.9 Å². The zero-order chi connectivity index (χ0) is 16.9. The molecule has 0 aliphatic heterocycles. The van der Waals surface area contributed by atoms with Gasteiger partial charge in [-0.3, -0.25) is 0 Å². The van der Waals surface area contributed by atoms with Crippen LogP contribution in [0.2, 0.25) is 0 Å². The average Bonchev–Trinajstić information content (AvgIpc) is 3.09. The number of rotatable bonds is 2. The molecule has 2 heterocycles. The van der Waals surface area contributed by atoms with E-state index in [9.17, 15) is 13.2 Å². The Kier molecular flexibility index (Phi) is 3.22. The van der Waals surface area contributed by atoms with E-state index in [0.717, 1.165) is 17.4 Å². The summed E-state index contributed by atoms with van der Waals surface area (Å²) in [4.78, 5) is 7.53. The van der Waals surface area contributed by atoms with E-state index >= 15 is 0 Å². The van der Waals surface area contributed by atoms with E-state index in [0.29, 0.717) is 11.5 Å². The molecule has 2 aromatic heterocycles. The fraction of sp³-hybridized carbons (Fsp3) is 0.312. The molecule has 0 saturated heterocycles. The zero-order valence-electron chi connectivity index (χ0n) is 12.8. The molecule has 0 saturated carbocycles. The highest BCUT2D eigenvalue weighted by molar-refractivity contribution is 5.48. The van der Waals surface area contributed by atoms with Crippen molar-refractivity contribution in [2.45, 2.75) is 32.0 Å². The van der Waals surface area contributed by atoms with Crippen LogP contribution in [0.3, 0.4) is 0 Å². The van der Waals surface area contributed by atoms with Crippen LogP contribution in [0, 0.1) is 6.92 Å². The second kappa shape index (κ2) is 5.19. The van der Waals surface area contributed by atoms with E-state index in [1.165, 1.54) is 11.1 Å². The van der Waals surface area contributed by atoms with Crippen LogP contribution < -0.4 is 5.32 Å². The van der Waals surface area contributed by atoms with E-state index in [-0.39, 0.29) is 11.8 Å². The summed E-state index contributed by atoms with van der Waals surface area (Å²) >= 11 is 0. The second-order valence-electron chi connectivity index (χ2n) is 5.95. The van der Waals surface area contributed by atoms with Crippen LogP contribution >= 0.6 is 0 Å². The average molecular weight is 333 g/mol. The Labute approximate surface area is 135 Å². The number of nitrogens with zero attached hydrogens (tertiary/aromatic N) is 4. The van der Waals surface area contributed by atoms with Gasteiger partial charge in [-0.2, -0.15) is 22.7 Å². The van der Waals surface area contributed by atoms with Crippen molar-refractivity contribution in [3.63, 3.8) is 0 Å². The van der Waals surface area contributed by atoms with Gasteiger partial charge in [0, 0.05) is 17.8 Å². The normalized spacial score (nSPS) is 15.0. The number of nitrogens with one attached hydrogen (secondary N) is 1. The molecule has 24 heavy (non-hydrogen) atoms. The first-order valence-electron chi connectivity index (χ1n) is 7.55. The maximum absolute atomic E-state index is 12.9. The predicted molar refractivity (Wildman–Crippen MR) is 81.8 cm³/mol. The summed E-state index contributed by atoms with van der Waals surface area (Å²) in [6.45, 7) is 1.72. The van der Waals surface area contributed by atoms with Crippen molar-refractivity contribution in [3.05, 3.63) is 53.0 Å². The number of fused-ring (bicyclic) bond motifs is 2. The summed E-state index contributed by atoms with van der Waals surface area (Å²) in [6.07, 6.45) is -2.96. The lowest BCUT2D eigenvalue weighted by Crippen LogP contribution is -2.22. The van der Waals surface area contributed by atoms with Crippen LogP contribution in [-0.4, -0.2) is 25.6 Å². The molecule has 4 rings (SSSR count). The standard InChI is InChI=1S/C16H14F3N5/c1-9-6-13(21-12-7-10-4-2-3-5-11(10)8-12)24-15(20-9)22-14(23-24)16(17,18)19/h2-6,12,21H,7-8H2,1H3. The van der Waals surface area contributed by atoms with E-state index in [4.69, 9.17) is 0 Å². The van der Waals surface area contributed by atoms with Crippen molar-refractivity contribution in [2.75, 3.05) is 5.32 Å². The molecule has 0 radical (unpaired) electrons. The highest BCUT2D eigenvalue weighted by Crippen LogP contribution is 2.28. The Hall–Kier alpha value is -2.64. The zero-order valence-corrected chi connectivity index (χ0v) is 12.8. The van der Waals surface area contributed by atoms with E-state index < -0.39 is 12.0 Å². The molecule has 0 amide bonds. The third-order valence-corrected chi connectivity index (χ3v) is 4.10. The van der Waals surface area contributed by atoms with Crippen molar-refractivity contribution >= 4 is 11.6 Å². The molecule has 0 spiro atoms. The Balaban J connectivity index is 1.68. The number of halogens is 3. The smallest absolute Gasteiger partial charge is 0.366 e. The summed E-state index contributed by atoms with van der Waals surface area (Å²) in [5, 5.41) is 6.86. The van der Waals surface area contributed by atoms with Crippen molar-refractivity contribution in [1.29, 1.82) is 0 Å². The molecule has 0 fully saturated rings. The highest BCUT2D eigenvalue weighted by atomic mass is 19.4. The first-order chi connectivity index (χ1) is 11.4. The van der Waals surface area contributed by atoms with Gasteiger partial charge >= 0.3 is 6.18 Å². The maximum atomic E-state index is 12.9. The topological polar surface area (TPSA) is 55.1 Å². The lowest BCUT2D eigenvalue weighted by atomic mass is 10.1. The van der Waals surface area contributed by atoms with Crippen molar-refractivity contribution in [1.82, 2.24) is 19.6 Å². The van der Waals surface area contributed by atoms with Gasteiger partial charge < -0.3 is 5.32 Å². The molecular formula is C16H14F3N5. The third-order valence-electron chi connectivity index (χ3n) is 4.10. The molecule has 1 N–H and O–H groups in total. The lowest BCUT2D eigenvalue weighted by molar-refractivity contribution is -0.144. The molecule has 0 unspecified atom stereocenters. The van der Waals surface area contributed by atoms with Gasteiger partial charge in [0.05, 0.1) is 0 Å². The van der Waals surface area contributed by atoms with Crippen LogP contribution in [-0.2, 0) is 19.0 Å². The van der Waals surface area contributed by atoms with Gasteiger partial charge in [0.15, 0.2) is 0 Å². The molecule has 3 aromatic rings. The Morgan fingerprint density at radius 3 is 2.42 bits per heavy atom. The summed E-state index contributed by atoms with van der Waals surface area (Å²) < 4.78 is 39.7. The Bertz CT molecular complexity index is 891. The number of hydrogen-bond donors (Lipinski definition) is 1. The van der Waals surface area contributed by atoms with Crippen molar-refractivity contribution < 1.29 is 13.2 Å². The minimum atomic E-state index is -4.59. The van der Waals surface area contributed by atoms with Crippen LogP contribution in [0.25, 0.3) is 5.78 Å². The largest absolute Gasteiger partial charge is 0.453 e. The van der Waals surface area contributed by atoms with Crippen molar-refractivity contribution in [3.8, 4) is 0 Å². The maximum Gasteiger partial charge on any atom is 0.453 e. The number of benzene rings is 1. The van der Waals surface area contributed by atoms with Gasteiger partial charge in [-0.15, -0.1) is 5.10 Å². The van der Waals surface area contributed by atoms with E-state index in [1.54, 1.807) is 13.0 Å². The predicted octanol–water partition coefficient (Wildman–Crippen LogP) is 3.03. The number of hydrogen-bond acceptors (Lipinski definition) is 4. The van der Waals surface area contributed by atoms with Crippen LogP contribution in [0.5, 0.6) is 0 Å². The molecule has 1 aliphatic rings. The third kappa shape index (κ3) is 2.57. The first kappa shape index (κ1) is 14.9. The molecule has 1 aliphatic carbocycles. The van der Waals surface area contributed by atoms with Crippen LogP contribution in [0.1, 0.15) is 22.6 Å². The van der Waals surface area contributed by atoms with E-state index in [2.05, 4.69) is 32.5 Å². The second-order valence-corrected chi connectivity index (χ2v) is 5.95. The van der Waals surface area contributed by atoms with E-state index in [1.807, 2.05) is 12.1 Å². The summed E-state index contributed by atoms with van der Waals surface area (Å²) in [5.41, 5.74) is 3.10. The highest BCUT2D eigenvalue weighted by Gasteiger charge is 2.37. The summed E-state index contributed by atoms with van der Waals surface area (Å²) in [7, 11) is 0. The quantitative estimate of drug-likeness (QED) is 0.783. The molecule has 0 atom stereocenters. The fourth-order valence-corrected chi connectivity index (χ4v) is 3.08. The summed E-state index contributed by atoms with van der Waals surface area (Å²) in [6, 6.07) is 9.91. The number of aromatic nitrogens is 4. The summed E-state index contributed by atoms with van der Waals surface area (Å²) in [5.74, 6) is -0.767. The van der Waals surface area contributed by atoms with Gasteiger partial charge in [-0.1, -0.05) is 24.3 Å². The van der Waals surface area contributed by atoms with Gasteiger partial charge in [0.1, 0.15) is 5.82 Å². The molecular weight excluding hydrogens is 319 g/mol. The molecule has 5 nitrogen and oxygen atoms in total. The fourth-order valence-electron chi connectivity index (χ4n) is 3.08. The van der Waals surface area contributed by atoms with Gasteiger partial charge in [0.2, 0.25) is 0 Å². The number of alkyl halides is 3. The molecule has 0 bridgehead atoms.